The monoisotopic (exact) mass is 177 g/mol. The third kappa shape index (κ3) is 2.80. The Morgan fingerprint density at radius 3 is 2.36 bits per heavy atom. The van der Waals surface area contributed by atoms with Crippen LogP contribution in [-0.4, -0.2) is 17.2 Å². The Kier molecular flexibility index (Phi) is 4.69. The number of hydrogen-bond acceptors (Lipinski definition) is 2. The van der Waals surface area contributed by atoms with Crippen LogP contribution in [0.1, 0.15) is 33.1 Å². The molecule has 0 radical (unpaired) electrons. The van der Waals surface area contributed by atoms with E-state index in [2.05, 4.69) is 0 Å². The summed E-state index contributed by atoms with van der Waals surface area (Å²) in [7, 11) is 0. The Bertz CT molecular complexity index is 138. The summed E-state index contributed by atoms with van der Waals surface area (Å²) >= 11 is 6.04. The molecule has 11 heavy (non-hydrogen) atoms. The largest absolute Gasteiger partial charge is 0.330 e. The molecule has 0 aliphatic carbocycles. The third-order valence-corrected chi connectivity index (χ3v) is 2.59. The maximum atomic E-state index is 11.3. The van der Waals surface area contributed by atoms with Crippen LogP contribution in [0.5, 0.6) is 0 Å². The van der Waals surface area contributed by atoms with Crippen LogP contribution in [0.15, 0.2) is 0 Å². The predicted molar refractivity (Wildman–Crippen MR) is 47.8 cm³/mol. The lowest BCUT2D eigenvalue weighted by molar-refractivity contribution is -0.121. The van der Waals surface area contributed by atoms with Crippen LogP contribution in [0, 0.1) is 0 Å². The van der Waals surface area contributed by atoms with E-state index < -0.39 is 4.87 Å². The van der Waals surface area contributed by atoms with Crippen LogP contribution in [0.25, 0.3) is 0 Å². The fourth-order valence-electron chi connectivity index (χ4n) is 1.06. The van der Waals surface area contributed by atoms with Gasteiger partial charge in [-0.05, 0) is 19.4 Å². The van der Waals surface area contributed by atoms with Gasteiger partial charge in [-0.15, -0.1) is 11.6 Å². The van der Waals surface area contributed by atoms with Crippen molar-refractivity contribution in [2.45, 2.75) is 38.0 Å². The standard InChI is InChI=1S/C8H16ClNO/c1-3-7(11)8(9,4-2)5-6-10/h3-6,10H2,1-2H3. The molecule has 1 unspecified atom stereocenters. The van der Waals surface area contributed by atoms with Crippen molar-refractivity contribution in [3.8, 4) is 0 Å². The van der Waals surface area contributed by atoms with Crippen LogP contribution in [0.3, 0.4) is 0 Å². The Morgan fingerprint density at radius 2 is 2.09 bits per heavy atom. The number of hydrogen-bond donors (Lipinski definition) is 1. The van der Waals surface area contributed by atoms with Gasteiger partial charge in [0.05, 0.1) is 0 Å². The van der Waals surface area contributed by atoms with Crippen LogP contribution in [0.4, 0.5) is 0 Å². The summed E-state index contributed by atoms with van der Waals surface area (Å²) in [4.78, 5) is 10.6. The lowest BCUT2D eigenvalue weighted by Crippen LogP contribution is -2.33. The lowest BCUT2D eigenvalue weighted by Gasteiger charge is -2.22. The van der Waals surface area contributed by atoms with Crippen molar-refractivity contribution in [2.24, 2.45) is 5.73 Å². The van der Waals surface area contributed by atoms with Gasteiger partial charge in [-0.25, -0.2) is 0 Å². The maximum absolute atomic E-state index is 11.3. The molecule has 0 fully saturated rings. The van der Waals surface area contributed by atoms with Crippen molar-refractivity contribution < 1.29 is 4.79 Å². The van der Waals surface area contributed by atoms with Gasteiger partial charge in [-0.2, -0.15) is 0 Å². The smallest absolute Gasteiger partial charge is 0.153 e. The molecule has 2 nitrogen and oxygen atoms in total. The molecule has 2 N–H and O–H groups in total. The first kappa shape index (κ1) is 10.9. The number of carbonyl (C=O) groups excluding carboxylic acids is 1. The minimum absolute atomic E-state index is 0.104. The highest BCUT2D eigenvalue weighted by Crippen LogP contribution is 2.25. The number of alkyl halides is 1. The molecule has 0 aromatic carbocycles. The second-order valence-electron chi connectivity index (χ2n) is 2.63. The molecule has 0 spiro atoms. The van der Waals surface area contributed by atoms with E-state index >= 15 is 0 Å². The molecule has 0 saturated heterocycles. The van der Waals surface area contributed by atoms with Gasteiger partial charge in [0.2, 0.25) is 0 Å². The zero-order valence-corrected chi connectivity index (χ0v) is 7.95. The van der Waals surface area contributed by atoms with Gasteiger partial charge in [0, 0.05) is 6.42 Å². The first-order valence-electron chi connectivity index (χ1n) is 4.03. The molecule has 0 heterocycles. The van der Waals surface area contributed by atoms with Crippen LogP contribution < -0.4 is 5.73 Å². The molecule has 66 valence electrons. The van der Waals surface area contributed by atoms with Crippen LogP contribution >= 0.6 is 11.6 Å². The van der Waals surface area contributed by atoms with E-state index in [-0.39, 0.29) is 5.78 Å². The van der Waals surface area contributed by atoms with Gasteiger partial charge in [0.25, 0.3) is 0 Å². The van der Waals surface area contributed by atoms with Crippen molar-refractivity contribution in [3.05, 3.63) is 0 Å². The Labute approximate surface area is 73.1 Å². The molecule has 0 amide bonds. The van der Waals surface area contributed by atoms with Gasteiger partial charge in [-0.1, -0.05) is 13.8 Å². The molecule has 0 saturated carbocycles. The fourth-order valence-corrected chi connectivity index (χ4v) is 1.30. The first-order valence-corrected chi connectivity index (χ1v) is 4.40. The van der Waals surface area contributed by atoms with Gasteiger partial charge in [-0.3, -0.25) is 4.79 Å². The van der Waals surface area contributed by atoms with E-state index in [1.165, 1.54) is 0 Å². The molecule has 0 aromatic heterocycles. The zero-order valence-electron chi connectivity index (χ0n) is 7.19. The molecule has 0 aliphatic heterocycles. The molecule has 0 bridgehead atoms. The number of rotatable bonds is 5. The Balaban J connectivity index is 4.19. The molecule has 1 atom stereocenters. The molecule has 0 aromatic rings. The van der Waals surface area contributed by atoms with E-state index in [4.69, 9.17) is 17.3 Å². The summed E-state index contributed by atoms with van der Waals surface area (Å²) in [6, 6.07) is 0. The molecular weight excluding hydrogens is 162 g/mol. The zero-order chi connectivity index (χ0) is 8.91. The van der Waals surface area contributed by atoms with Crippen LogP contribution in [-0.2, 0) is 4.79 Å². The van der Waals surface area contributed by atoms with E-state index in [1.54, 1.807) is 0 Å². The average molecular weight is 178 g/mol. The normalized spacial score (nSPS) is 16.0. The molecule has 0 aliphatic rings. The van der Waals surface area contributed by atoms with Gasteiger partial charge in [0.15, 0.2) is 5.78 Å². The van der Waals surface area contributed by atoms with E-state index in [9.17, 15) is 4.79 Å². The molecular formula is C8H16ClNO. The molecule has 0 rings (SSSR count). The van der Waals surface area contributed by atoms with Crippen molar-refractivity contribution in [2.75, 3.05) is 6.54 Å². The lowest BCUT2D eigenvalue weighted by atomic mass is 9.94. The van der Waals surface area contributed by atoms with E-state index in [0.29, 0.717) is 25.8 Å². The van der Waals surface area contributed by atoms with Crippen molar-refractivity contribution >= 4 is 17.4 Å². The number of carbonyl (C=O) groups is 1. The SMILES string of the molecule is CCC(=O)C(Cl)(CC)CCN. The van der Waals surface area contributed by atoms with Gasteiger partial charge in [0.1, 0.15) is 4.87 Å². The number of nitrogens with two attached hydrogens (primary N) is 1. The number of ketones is 1. The second-order valence-corrected chi connectivity index (χ2v) is 3.36. The average Bonchev–Trinajstić information content (AvgIpc) is 2.03. The second kappa shape index (κ2) is 4.73. The number of halogens is 1. The van der Waals surface area contributed by atoms with Crippen molar-refractivity contribution in [1.29, 1.82) is 0 Å². The highest BCUT2D eigenvalue weighted by Gasteiger charge is 2.31. The summed E-state index contributed by atoms with van der Waals surface area (Å²) in [5, 5.41) is 0. The van der Waals surface area contributed by atoms with Gasteiger partial charge < -0.3 is 5.73 Å². The molecule has 3 heteroatoms. The van der Waals surface area contributed by atoms with Crippen molar-refractivity contribution in [3.63, 3.8) is 0 Å². The summed E-state index contributed by atoms with van der Waals surface area (Å²) in [6.07, 6.45) is 1.74. The fraction of sp³-hybridized carbons (Fsp3) is 0.875. The summed E-state index contributed by atoms with van der Waals surface area (Å²) in [5.74, 6) is 0.104. The maximum Gasteiger partial charge on any atom is 0.153 e. The third-order valence-electron chi connectivity index (χ3n) is 1.92. The summed E-state index contributed by atoms with van der Waals surface area (Å²) in [6.45, 7) is 4.21. The minimum Gasteiger partial charge on any atom is -0.330 e. The quantitative estimate of drug-likeness (QED) is 0.650. The first-order chi connectivity index (χ1) is 5.10. The Morgan fingerprint density at radius 1 is 1.55 bits per heavy atom. The predicted octanol–water partition coefficient (Wildman–Crippen LogP) is 1.70. The van der Waals surface area contributed by atoms with E-state index in [0.717, 1.165) is 0 Å². The highest BCUT2D eigenvalue weighted by atomic mass is 35.5. The summed E-state index contributed by atoms with van der Waals surface area (Å²) in [5.41, 5.74) is 5.35. The van der Waals surface area contributed by atoms with Gasteiger partial charge >= 0.3 is 0 Å². The number of Topliss-reactive ketones (excluding diaryl/α,β-unsaturated/α-hetero) is 1. The van der Waals surface area contributed by atoms with E-state index in [1.807, 2.05) is 13.8 Å². The van der Waals surface area contributed by atoms with Crippen molar-refractivity contribution in [1.82, 2.24) is 0 Å². The highest BCUT2D eigenvalue weighted by molar-refractivity contribution is 6.35. The Hall–Kier alpha value is -0.0800. The topological polar surface area (TPSA) is 43.1 Å². The summed E-state index contributed by atoms with van der Waals surface area (Å²) < 4.78 is 0. The minimum atomic E-state index is -0.691. The van der Waals surface area contributed by atoms with Crippen LogP contribution in [0.2, 0.25) is 0 Å².